The molecule has 0 aliphatic rings. The van der Waals surface area contributed by atoms with Gasteiger partial charge in [0.15, 0.2) is 5.13 Å². The number of nitrogens with zero attached hydrogens (tertiary/aromatic N) is 1. The zero-order valence-electron chi connectivity index (χ0n) is 10.1. The zero-order chi connectivity index (χ0) is 12.8. The van der Waals surface area contributed by atoms with Crippen molar-refractivity contribution in [2.75, 3.05) is 17.2 Å². The third kappa shape index (κ3) is 3.30. The number of aryl methyl sites for hydroxylation is 1. The van der Waals surface area contributed by atoms with Crippen molar-refractivity contribution in [2.24, 2.45) is 0 Å². The number of nitrogens with one attached hydrogen (secondary N) is 2. The molecule has 0 unspecified atom stereocenters. The van der Waals surface area contributed by atoms with Crippen LogP contribution in [0.1, 0.15) is 12.5 Å². The molecule has 0 atom stereocenters. The van der Waals surface area contributed by atoms with E-state index in [1.807, 2.05) is 29.6 Å². The van der Waals surface area contributed by atoms with Crippen molar-refractivity contribution in [2.45, 2.75) is 13.3 Å². The average Bonchev–Trinajstić information content (AvgIpc) is 2.90. The molecule has 1 aromatic heterocycles. The van der Waals surface area contributed by atoms with Gasteiger partial charge in [0.05, 0.1) is 6.54 Å². The van der Waals surface area contributed by atoms with E-state index in [2.05, 4.69) is 22.5 Å². The lowest BCUT2D eigenvalue weighted by atomic mass is 10.1. The Kier molecular flexibility index (Phi) is 4.30. The van der Waals surface area contributed by atoms with Crippen LogP contribution < -0.4 is 10.6 Å². The highest BCUT2D eigenvalue weighted by Crippen LogP contribution is 2.15. The molecular formula is C13H15N3OS. The Labute approximate surface area is 110 Å². The molecular weight excluding hydrogens is 246 g/mol. The summed E-state index contributed by atoms with van der Waals surface area (Å²) in [5.74, 6) is -0.0638. The highest BCUT2D eigenvalue weighted by atomic mass is 32.1. The van der Waals surface area contributed by atoms with Gasteiger partial charge in [0, 0.05) is 17.3 Å². The van der Waals surface area contributed by atoms with Crippen molar-refractivity contribution in [1.82, 2.24) is 4.98 Å². The summed E-state index contributed by atoms with van der Waals surface area (Å²) in [7, 11) is 0. The third-order valence-corrected chi connectivity index (χ3v) is 3.24. The van der Waals surface area contributed by atoms with E-state index in [0.717, 1.165) is 22.8 Å². The second kappa shape index (κ2) is 6.16. The predicted octanol–water partition coefficient (Wildman–Crippen LogP) is 2.76. The van der Waals surface area contributed by atoms with E-state index in [-0.39, 0.29) is 12.5 Å². The number of benzene rings is 1. The second-order valence-electron chi connectivity index (χ2n) is 3.75. The summed E-state index contributed by atoms with van der Waals surface area (Å²) in [6, 6.07) is 7.83. The highest BCUT2D eigenvalue weighted by molar-refractivity contribution is 7.13. The van der Waals surface area contributed by atoms with Gasteiger partial charge in [-0.2, -0.15) is 0 Å². The summed E-state index contributed by atoms with van der Waals surface area (Å²) < 4.78 is 0. The molecule has 4 nitrogen and oxygen atoms in total. The van der Waals surface area contributed by atoms with Gasteiger partial charge in [-0.25, -0.2) is 4.98 Å². The first-order valence-electron chi connectivity index (χ1n) is 5.80. The van der Waals surface area contributed by atoms with Crippen molar-refractivity contribution in [1.29, 1.82) is 0 Å². The van der Waals surface area contributed by atoms with Crippen molar-refractivity contribution < 1.29 is 4.79 Å². The quantitative estimate of drug-likeness (QED) is 0.870. The lowest BCUT2D eigenvalue weighted by Crippen LogP contribution is -2.22. The Morgan fingerprint density at radius 2 is 2.22 bits per heavy atom. The first kappa shape index (κ1) is 12.6. The summed E-state index contributed by atoms with van der Waals surface area (Å²) in [5.41, 5.74) is 2.02. The minimum Gasteiger partial charge on any atom is -0.352 e. The molecule has 2 aromatic rings. The number of hydrogen-bond donors (Lipinski definition) is 2. The van der Waals surface area contributed by atoms with Crippen LogP contribution in [0.25, 0.3) is 0 Å². The first-order valence-corrected chi connectivity index (χ1v) is 6.68. The van der Waals surface area contributed by atoms with Crippen LogP contribution in [0.4, 0.5) is 10.8 Å². The number of anilines is 2. The maximum Gasteiger partial charge on any atom is 0.243 e. The summed E-state index contributed by atoms with van der Waals surface area (Å²) >= 11 is 1.48. The Morgan fingerprint density at radius 3 is 2.94 bits per heavy atom. The van der Waals surface area contributed by atoms with E-state index < -0.39 is 0 Å². The topological polar surface area (TPSA) is 54.0 Å². The van der Waals surface area contributed by atoms with Gasteiger partial charge in [0.25, 0.3) is 0 Å². The van der Waals surface area contributed by atoms with E-state index >= 15 is 0 Å². The molecule has 0 radical (unpaired) electrons. The lowest BCUT2D eigenvalue weighted by Gasteiger charge is -2.09. The fraction of sp³-hybridized carbons (Fsp3) is 0.231. The number of amides is 1. The maximum atomic E-state index is 11.8. The van der Waals surface area contributed by atoms with Crippen LogP contribution in [0.2, 0.25) is 0 Å². The van der Waals surface area contributed by atoms with E-state index in [4.69, 9.17) is 0 Å². The normalized spacial score (nSPS) is 10.1. The summed E-state index contributed by atoms with van der Waals surface area (Å²) in [6.45, 7) is 2.30. The molecule has 2 N–H and O–H groups in total. The van der Waals surface area contributed by atoms with E-state index in [9.17, 15) is 4.79 Å². The van der Waals surface area contributed by atoms with Crippen molar-refractivity contribution >= 4 is 28.1 Å². The molecule has 0 spiro atoms. The number of para-hydroxylation sites is 1. The summed E-state index contributed by atoms with van der Waals surface area (Å²) in [4.78, 5) is 15.8. The molecule has 2 rings (SSSR count). The minimum absolute atomic E-state index is 0.0638. The molecule has 0 aliphatic heterocycles. The Balaban J connectivity index is 1.90. The van der Waals surface area contributed by atoms with Crippen LogP contribution in [0.5, 0.6) is 0 Å². The van der Waals surface area contributed by atoms with Gasteiger partial charge in [0.1, 0.15) is 0 Å². The van der Waals surface area contributed by atoms with Gasteiger partial charge in [-0.15, -0.1) is 11.3 Å². The largest absolute Gasteiger partial charge is 0.352 e. The van der Waals surface area contributed by atoms with Crippen LogP contribution in [-0.4, -0.2) is 17.4 Å². The molecule has 1 heterocycles. The van der Waals surface area contributed by atoms with E-state index in [1.165, 1.54) is 11.3 Å². The number of rotatable bonds is 5. The Hall–Kier alpha value is -1.88. The average molecular weight is 261 g/mol. The van der Waals surface area contributed by atoms with Crippen LogP contribution >= 0.6 is 11.3 Å². The van der Waals surface area contributed by atoms with E-state index in [1.54, 1.807) is 6.20 Å². The highest BCUT2D eigenvalue weighted by Gasteiger charge is 2.05. The minimum atomic E-state index is -0.0638. The molecule has 18 heavy (non-hydrogen) atoms. The van der Waals surface area contributed by atoms with Gasteiger partial charge in [-0.05, 0) is 18.1 Å². The standard InChI is InChI=1S/C13H15N3OS/c1-2-10-5-3-4-6-11(10)16-12(17)9-15-13-14-7-8-18-13/h3-8H,2,9H2,1H3,(H,14,15)(H,16,17). The molecule has 1 amide bonds. The second-order valence-corrected chi connectivity index (χ2v) is 4.64. The number of carbonyl (C=O) groups is 1. The maximum absolute atomic E-state index is 11.8. The SMILES string of the molecule is CCc1ccccc1NC(=O)CNc1nccs1. The smallest absolute Gasteiger partial charge is 0.243 e. The molecule has 0 saturated heterocycles. The molecule has 0 bridgehead atoms. The monoisotopic (exact) mass is 261 g/mol. The molecule has 5 heteroatoms. The number of thiazole rings is 1. The summed E-state index contributed by atoms with van der Waals surface area (Å²) in [5, 5.41) is 8.50. The Bertz CT molecular complexity index is 511. The van der Waals surface area contributed by atoms with Gasteiger partial charge >= 0.3 is 0 Å². The van der Waals surface area contributed by atoms with E-state index in [0.29, 0.717) is 0 Å². The fourth-order valence-corrected chi connectivity index (χ4v) is 2.14. The Morgan fingerprint density at radius 1 is 1.39 bits per heavy atom. The van der Waals surface area contributed by atoms with Crippen LogP contribution in [-0.2, 0) is 11.2 Å². The van der Waals surface area contributed by atoms with Gasteiger partial charge in [-0.1, -0.05) is 25.1 Å². The molecule has 1 aromatic carbocycles. The fourth-order valence-electron chi connectivity index (χ4n) is 1.61. The third-order valence-electron chi connectivity index (χ3n) is 2.50. The molecule has 0 saturated carbocycles. The van der Waals surface area contributed by atoms with Gasteiger partial charge in [-0.3, -0.25) is 4.79 Å². The van der Waals surface area contributed by atoms with Gasteiger partial charge < -0.3 is 10.6 Å². The lowest BCUT2D eigenvalue weighted by molar-refractivity contribution is -0.114. The van der Waals surface area contributed by atoms with Crippen molar-refractivity contribution in [3.8, 4) is 0 Å². The zero-order valence-corrected chi connectivity index (χ0v) is 11.0. The van der Waals surface area contributed by atoms with Gasteiger partial charge in [0.2, 0.25) is 5.91 Å². The predicted molar refractivity (Wildman–Crippen MR) is 75.1 cm³/mol. The summed E-state index contributed by atoms with van der Waals surface area (Å²) in [6.07, 6.45) is 2.60. The first-order chi connectivity index (χ1) is 8.79. The molecule has 94 valence electrons. The molecule has 0 aliphatic carbocycles. The molecule has 0 fully saturated rings. The van der Waals surface area contributed by atoms with Crippen LogP contribution in [0, 0.1) is 0 Å². The number of carbonyl (C=O) groups excluding carboxylic acids is 1. The van der Waals surface area contributed by atoms with Crippen molar-refractivity contribution in [3.63, 3.8) is 0 Å². The van der Waals surface area contributed by atoms with Crippen LogP contribution in [0.3, 0.4) is 0 Å². The number of hydrogen-bond acceptors (Lipinski definition) is 4. The van der Waals surface area contributed by atoms with Crippen molar-refractivity contribution in [3.05, 3.63) is 41.4 Å². The van der Waals surface area contributed by atoms with Crippen LogP contribution in [0.15, 0.2) is 35.8 Å². The number of aromatic nitrogens is 1.